The van der Waals surface area contributed by atoms with Crippen LogP contribution in [0.5, 0.6) is 5.75 Å². The van der Waals surface area contributed by atoms with Gasteiger partial charge in [-0.05, 0) is 36.6 Å². The molecule has 0 bridgehead atoms. The second-order valence-electron chi connectivity index (χ2n) is 6.54. The number of para-hydroxylation sites is 1. The number of carbonyl (C=O) groups is 1. The van der Waals surface area contributed by atoms with Crippen molar-refractivity contribution in [1.29, 1.82) is 0 Å². The second kappa shape index (κ2) is 9.72. The quantitative estimate of drug-likeness (QED) is 0.670. The molecule has 0 spiro atoms. The van der Waals surface area contributed by atoms with Crippen LogP contribution >= 0.6 is 0 Å². The van der Waals surface area contributed by atoms with Crippen molar-refractivity contribution >= 4 is 17.3 Å². The number of ether oxygens (including phenoxy) is 1. The van der Waals surface area contributed by atoms with Crippen LogP contribution in [0.15, 0.2) is 48.5 Å². The molecule has 134 valence electrons. The van der Waals surface area contributed by atoms with E-state index in [9.17, 15) is 4.79 Å². The van der Waals surface area contributed by atoms with E-state index >= 15 is 0 Å². The fraction of sp³-hybridized carbons (Fsp3) is 0.381. The highest BCUT2D eigenvalue weighted by atomic mass is 16.5. The van der Waals surface area contributed by atoms with Crippen LogP contribution in [0.1, 0.15) is 39.2 Å². The van der Waals surface area contributed by atoms with Crippen molar-refractivity contribution in [2.75, 3.05) is 17.2 Å². The van der Waals surface area contributed by atoms with Crippen LogP contribution in [0.2, 0.25) is 0 Å². The molecule has 0 heterocycles. The molecule has 4 nitrogen and oxygen atoms in total. The molecule has 0 saturated carbocycles. The smallest absolute Gasteiger partial charge is 0.224 e. The number of amides is 1. The van der Waals surface area contributed by atoms with E-state index in [0.29, 0.717) is 25.5 Å². The lowest BCUT2D eigenvalue weighted by Gasteiger charge is -2.13. The zero-order valence-electron chi connectivity index (χ0n) is 15.3. The molecule has 2 aromatic carbocycles. The monoisotopic (exact) mass is 340 g/mol. The summed E-state index contributed by atoms with van der Waals surface area (Å²) in [7, 11) is 0. The maximum Gasteiger partial charge on any atom is 0.224 e. The Morgan fingerprint density at radius 1 is 1.08 bits per heavy atom. The topological polar surface area (TPSA) is 50.4 Å². The van der Waals surface area contributed by atoms with Gasteiger partial charge in [-0.2, -0.15) is 0 Å². The van der Waals surface area contributed by atoms with Crippen LogP contribution in [0.3, 0.4) is 0 Å². The zero-order chi connectivity index (χ0) is 18.1. The Labute approximate surface area is 150 Å². The Bertz CT molecular complexity index is 683. The highest BCUT2D eigenvalue weighted by Crippen LogP contribution is 2.21. The highest BCUT2D eigenvalue weighted by molar-refractivity contribution is 5.91. The number of carbonyl (C=O) groups excluding carboxylic acids is 1. The van der Waals surface area contributed by atoms with E-state index in [1.807, 2.05) is 56.3 Å². The molecule has 0 aliphatic carbocycles. The van der Waals surface area contributed by atoms with Gasteiger partial charge < -0.3 is 15.4 Å². The summed E-state index contributed by atoms with van der Waals surface area (Å²) >= 11 is 0. The third-order valence-corrected chi connectivity index (χ3v) is 3.66. The van der Waals surface area contributed by atoms with E-state index in [0.717, 1.165) is 29.1 Å². The maximum atomic E-state index is 11.9. The standard InChI is InChI=1S/C21H28N2O2/c1-4-12-25-20-11-6-5-8-17(20)15-22-18-9-7-10-19(14-18)23-21(24)13-16(2)3/h5-11,14,16,22H,4,12-13,15H2,1-3H3,(H,23,24). The van der Waals surface area contributed by atoms with E-state index in [1.165, 1.54) is 0 Å². The summed E-state index contributed by atoms with van der Waals surface area (Å²) in [6, 6.07) is 15.8. The average Bonchev–Trinajstić information content (AvgIpc) is 2.58. The van der Waals surface area contributed by atoms with Crippen molar-refractivity contribution in [3.05, 3.63) is 54.1 Å². The van der Waals surface area contributed by atoms with Crippen molar-refractivity contribution in [3.8, 4) is 5.75 Å². The van der Waals surface area contributed by atoms with Crippen LogP contribution in [0.4, 0.5) is 11.4 Å². The van der Waals surface area contributed by atoms with Gasteiger partial charge in [-0.25, -0.2) is 0 Å². The summed E-state index contributed by atoms with van der Waals surface area (Å²) in [5, 5.41) is 6.35. The third-order valence-electron chi connectivity index (χ3n) is 3.66. The molecule has 0 aliphatic rings. The lowest BCUT2D eigenvalue weighted by atomic mass is 10.1. The van der Waals surface area contributed by atoms with E-state index < -0.39 is 0 Å². The lowest BCUT2D eigenvalue weighted by Crippen LogP contribution is -2.14. The minimum absolute atomic E-state index is 0.0467. The van der Waals surface area contributed by atoms with Gasteiger partial charge in [0.2, 0.25) is 5.91 Å². The van der Waals surface area contributed by atoms with Gasteiger partial charge in [0.25, 0.3) is 0 Å². The number of benzene rings is 2. The Balaban J connectivity index is 1.97. The predicted octanol–water partition coefficient (Wildman–Crippen LogP) is 5.07. The average molecular weight is 340 g/mol. The van der Waals surface area contributed by atoms with Crippen LogP contribution in [-0.4, -0.2) is 12.5 Å². The van der Waals surface area contributed by atoms with Crippen molar-refractivity contribution in [2.24, 2.45) is 5.92 Å². The Kier molecular flexibility index (Phi) is 7.33. The van der Waals surface area contributed by atoms with Gasteiger partial charge >= 0.3 is 0 Å². The van der Waals surface area contributed by atoms with E-state index in [4.69, 9.17) is 4.74 Å². The van der Waals surface area contributed by atoms with Crippen molar-refractivity contribution < 1.29 is 9.53 Å². The molecule has 2 rings (SSSR count). The molecule has 0 aliphatic heterocycles. The van der Waals surface area contributed by atoms with Gasteiger partial charge in [0.05, 0.1) is 6.61 Å². The van der Waals surface area contributed by atoms with Crippen LogP contribution in [0, 0.1) is 5.92 Å². The minimum atomic E-state index is 0.0467. The number of hydrogen-bond donors (Lipinski definition) is 2. The molecular weight excluding hydrogens is 312 g/mol. The van der Waals surface area contributed by atoms with Crippen molar-refractivity contribution in [3.63, 3.8) is 0 Å². The predicted molar refractivity (Wildman–Crippen MR) is 104 cm³/mol. The molecule has 4 heteroatoms. The minimum Gasteiger partial charge on any atom is -0.493 e. The Hall–Kier alpha value is -2.49. The SMILES string of the molecule is CCCOc1ccccc1CNc1cccc(NC(=O)CC(C)C)c1. The number of anilines is 2. The fourth-order valence-corrected chi connectivity index (χ4v) is 2.49. The first-order valence-corrected chi connectivity index (χ1v) is 8.93. The summed E-state index contributed by atoms with van der Waals surface area (Å²) in [5.74, 6) is 1.31. The van der Waals surface area contributed by atoms with E-state index in [2.05, 4.69) is 23.6 Å². The number of rotatable bonds is 9. The second-order valence-corrected chi connectivity index (χ2v) is 6.54. The summed E-state index contributed by atoms with van der Waals surface area (Å²) in [6.45, 7) is 7.56. The molecule has 0 unspecified atom stereocenters. The fourth-order valence-electron chi connectivity index (χ4n) is 2.49. The van der Waals surface area contributed by atoms with Crippen LogP contribution in [-0.2, 0) is 11.3 Å². The molecule has 0 radical (unpaired) electrons. The normalized spacial score (nSPS) is 10.6. The summed E-state index contributed by atoms with van der Waals surface area (Å²) in [4.78, 5) is 11.9. The molecule has 2 N–H and O–H groups in total. The first-order valence-electron chi connectivity index (χ1n) is 8.93. The zero-order valence-corrected chi connectivity index (χ0v) is 15.3. The van der Waals surface area contributed by atoms with Crippen molar-refractivity contribution in [2.45, 2.75) is 40.2 Å². The number of hydrogen-bond acceptors (Lipinski definition) is 3. The first-order chi connectivity index (χ1) is 12.1. The summed E-state index contributed by atoms with van der Waals surface area (Å²) in [6.07, 6.45) is 1.51. The molecule has 2 aromatic rings. The van der Waals surface area contributed by atoms with Gasteiger partial charge in [-0.3, -0.25) is 4.79 Å². The molecular formula is C21H28N2O2. The van der Waals surface area contributed by atoms with E-state index in [-0.39, 0.29) is 5.91 Å². The van der Waals surface area contributed by atoms with Gasteiger partial charge in [-0.1, -0.05) is 45.0 Å². The molecule has 0 atom stereocenters. The molecule has 1 amide bonds. The summed E-state index contributed by atoms with van der Waals surface area (Å²) in [5.41, 5.74) is 2.89. The maximum absolute atomic E-state index is 11.9. The van der Waals surface area contributed by atoms with Gasteiger partial charge in [0.15, 0.2) is 0 Å². The molecule has 0 saturated heterocycles. The molecule has 0 aromatic heterocycles. The largest absolute Gasteiger partial charge is 0.493 e. The van der Waals surface area contributed by atoms with Gasteiger partial charge in [0.1, 0.15) is 5.75 Å². The summed E-state index contributed by atoms with van der Waals surface area (Å²) < 4.78 is 5.79. The molecule has 0 fully saturated rings. The van der Waals surface area contributed by atoms with Crippen molar-refractivity contribution in [1.82, 2.24) is 0 Å². The lowest BCUT2D eigenvalue weighted by molar-refractivity contribution is -0.116. The Morgan fingerprint density at radius 2 is 1.84 bits per heavy atom. The highest BCUT2D eigenvalue weighted by Gasteiger charge is 2.06. The van der Waals surface area contributed by atoms with Crippen LogP contribution < -0.4 is 15.4 Å². The van der Waals surface area contributed by atoms with E-state index in [1.54, 1.807) is 0 Å². The third kappa shape index (κ3) is 6.49. The van der Waals surface area contributed by atoms with Crippen LogP contribution in [0.25, 0.3) is 0 Å². The molecule has 25 heavy (non-hydrogen) atoms. The van der Waals surface area contributed by atoms with Gasteiger partial charge in [0, 0.05) is 29.9 Å². The van der Waals surface area contributed by atoms with Gasteiger partial charge in [-0.15, -0.1) is 0 Å². The Morgan fingerprint density at radius 3 is 2.60 bits per heavy atom. The number of nitrogens with one attached hydrogen (secondary N) is 2. The first kappa shape index (κ1) is 18.8.